The van der Waals surface area contributed by atoms with Crippen LogP contribution in [-0.4, -0.2) is 52.0 Å². The molecular formula is C16H19NO8. The number of hydrogen-bond donors (Lipinski definition) is 3. The van der Waals surface area contributed by atoms with E-state index in [0.29, 0.717) is 0 Å². The van der Waals surface area contributed by atoms with Gasteiger partial charge in [-0.3, -0.25) is 0 Å². The third kappa shape index (κ3) is 6.50. The van der Waals surface area contributed by atoms with Crippen LogP contribution < -0.4 is 5.32 Å². The van der Waals surface area contributed by atoms with Crippen LogP contribution in [-0.2, 0) is 19.1 Å². The quantitative estimate of drug-likeness (QED) is 0.650. The molecule has 0 aromatic heterocycles. The Labute approximate surface area is 143 Å². The molecule has 1 aromatic carbocycles. The molecule has 3 N–H and O–H groups in total. The van der Waals surface area contributed by atoms with E-state index in [1.807, 2.05) is 5.32 Å². The molecule has 0 saturated carbocycles. The molecule has 0 radical (unpaired) electrons. The minimum absolute atomic E-state index is 0.0372. The standard InChI is InChI=1S/C16H19NO8/c1-16(2,3)25-15(23)17-10(12(18)19)11(13(20)21)24-14(22)9-7-5-4-6-8-9/h4-8,10-11H,1-3H3,(H,17,23)(H,18,19)(H,20,21)/t10-,11-/m0/s1. The van der Waals surface area contributed by atoms with E-state index in [1.165, 1.54) is 24.3 Å². The van der Waals surface area contributed by atoms with E-state index in [2.05, 4.69) is 0 Å². The predicted molar refractivity (Wildman–Crippen MR) is 84.1 cm³/mol. The molecule has 0 heterocycles. The van der Waals surface area contributed by atoms with Crippen LogP contribution in [0.2, 0.25) is 0 Å². The van der Waals surface area contributed by atoms with Gasteiger partial charge in [0.15, 0.2) is 6.04 Å². The maximum absolute atomic E-state index is 12.0. The minimum Gasteiger partial charge on any atom is -0.480 e. The number of alkyl carbamates (subject to hydrolysis) is 1. The highest BCUT2D eigenvalue weighted by molar-refractivity contribution is 5.93. The summed E-state index contributed by atoms with van der Waals surface area (Å²) >= 11 is 0. The van der Waals surface area contributed by atoms with E-state index < -0.39 is 41.7 Å². The zero-order valence-corrected chi connectivity index (χ0v) is 13.9. The molecule has 1 aromatic rings. The van der Waals surface area contributed by atoms with Gasteiger partial charge in [-0.25, -0.2) is 19.2 Å². The van der Waals surface area contributed by atoms with Crippen molar-refractivity contribution in [1.29, 1.82) is 0 Å². The number of esters is 1. The molecular weight excluding hydrogens is 334 g/mol. The van der Waals surface area contributed by atoms with Gasteiger partial charge in [0.25, 0.3) is 0 Å². The summed E-state index contributed by atoms with van der Waals surface area (Å²) in [4.78, 5) is 46.4. The molecule has 0 saturated heterocycles. The second kappa shape index (κ2) is 8.13. The highest BCUT2D eigenvalue weighted by Crippen LogP contribution is 2.11. The number of benzene rings is 1. The Hall–Kier alpha value is -3.10. The molecule has 1 rings (SSSR count). The fourth-order valence-electron chi connectivity index (χ4n) is 1.72. The Balaban J connectivity index is 2.95. The number of ether oxygens (including phenoxy) is 2. The molecule has 2 atom stereocenters. The number of amides is 1. The fraction of sp³-hybridized carbons (Fsp3) is 0.375. The zero-order valence-electron chi connectivity index (χ0n) is 13.9. The molecule has 25 heavy (non-hydrogen) atoms. The Morgan fingerprint density at radius 2 is 1.56 bits per heavy atom. The number of nitrogens with one attached hydrogen (secondary N) is 1. The average molecular weight is 353 g/mol. The van der Waals surface area contributed by atoms with Crippen molar-refractivity contribution < 1.29 is 38.9 Å². The minimum atomic E-state index is -2.14. The summed E-state index contributed by atoms with van der Waals surface area (Å²) in [6, 6.07) is 5.41. The average Bonchev–Trinajstić information content (AvgIpc) is 2.49. The second-order valence-electron chi connectivity index (χ2n) is 5.99. The van der Waals surface area contributed by atoms with Crippen LogP contribution in [0.4, 0.5) is 4.79 Å². The number of hydrogen-bond acceptors (Lipinski definition) is 6. The van der Waals surface area contributed by atoms with Gasteiger partial charge in [0.1, 0.15) is 5.60 Å². The van der Waals surface area contributed by atoms with Gasteiger partial charge < -0.3 is 25.0 Å². The summed E-state index contributed by atoms with van der Waals surface area (Å²) in [7, 11) is 0. The summed E-state index contributed by atoms with van der Waals surface area (Å²) in [5.74, 6) is -4.46. The Kier molecular flexibility index (Phi) is 6.49. The Morgan fingerprint density at radius 3 is 2.00 bits per heavy atom. The molecule has 136 valence electrons. The molecule has 0 aliphatic carbocycles. The number of carboxylic acids is 2. The number of carbonyl (C=O) groups is 4. The summed E-state index contributed by atoms with van der Waals surface area (Å²) in [5, 5.41) is 20.3. The van der Waals surface area contributed by atoms with Crippen molar-refractivity contribution in [3.63, 3.8) is 0 Å². The van der Waals surface area contributed by atoms with Gasteiger partial charge in [0.2, 0.25) is 6.10 Å². The number of aliphatic carboxylic acids is 2. The van der Waals surface area contributed by atoms with Gasteiger partial charge in [-0.15, -0.1) is 0 Å². The van der Waals surface area contributed by atoms with Crippen molar-refractivity contribution in [2.45, 2.75) is 38.5 Å². The zero-order chi connectivity index (χ0) is 19.2. The van der Waals surface area contributed by atoms with E-state index in [9.17, 15) is 29.4 Å². The molecule has 0 aliphatic rings. The van der Waals surface area contributed by atoms with Gasteiger partial charge in [-0.05, 0) is 32.9 Å². The first kappa shape index (κ1) is 19.9. The molecule has 0 unspecified atom stereocenters. The van der Waals surface area contributed by atoms with E-state index in [1.54, 1.807) is 26.8 Å². The largest absolute Gasteiger partial charge is 0.480 e. The maximum atomic E-state index is 12.0. The van der Waals surface area contributed by atoms with Crippen molar-refractivity contribution in [3.8, 4) is 0 Å². The van der Waals surface area contributed by atoms with Crippen LogP contribution in [0.25, 0.3) is 0 Å². The van der Waals surface area contributed by atoms with Crippen LogP contribution in [0, 0.1) is 0 Å². The van der Waals surface area contributed by atoms with Gasteiger partial charge in [0.05, 0.1) is 5.56 Å². The lowest BCUT2D eigenvalue weighted by molar-refractivity contribution is -0.156. The highest BCUT2D eigenvalue weighted by Gasteiger charge is 2.39. The van der Waals surface area contributed by atoms with Crippen LogP contribution in [0.1, 0.15) is 31.1 Å². The monoisotopic (exact) mass is 353 g/mol. The van der Waals surface area contributed by atoms with Crippen molar-refractivity contribution in [2.75, 3.05) is 0 Å². The van der Waals surface area contributed by atoms with Gasteiger partial charge in [-0.2, -0.15) is 0 Å². The van der Waals surface area contributed by atoms with E-state index in [0.717, 1.165) is 0 Å². The molecule has 1 amide bonds. The number of rotatable bonds is 6. The van der Waals surface area contributed by atoms with Crippen molar-refractivity contribution >= 4 is 24.0 Å². The molecule has 0 spiro atoms. The van der Waals surface area contributed by atoms with Crippen molar-refractivity contribution in [3.05, 3.63) is 35.9 Å². The van der Waals surface area contributed by atoms with Gasteiger partial charge in [-0.1, -0.05) is 18.2 Å². The molecule has 0 bridgehead atoms. The first-order valence-corrected chi connectivity index (χ1v) is 7.22. The van der Waals surface area contributed by atoms with Crippen LogP contribution in [0.15, 0.2) is 30.3 Å². The third-order valence-corrected chi connectivity index (χ3v) is 2.73. The first-order valence-electron chi connectivity index (χ1n) is 7.22. The lowest BCUT2D eigenvalue weighted by Gasteiger charge is -2.24. The van der Waals surface area contributed by atoms with E-state index in [-0.39, 0.29) is 5.56 Å². The van der Waals surface area contributed by atoms with E-state index >= 15 is 0 Å². The SMILES string of the molecule is CC(C)(C)OC(=O)N[C@H](C(=O)O)[C@H](OC(=O)c1ccccc1)C(=O)O. The van der Waals surface area contributed by atoms with Crippen LogP contribution >= 0.6 is 0 Å². The van der Waals surface area contributed by atoms with Crippen LogP contribution in [0.5, 0.6) is 0 Å². The normalized spacial score (nSPS) is 13.2. The summed E-state index contributed by atoms with van der Waals surface area (Å²) < 4.78 is 9.65. The lowest BCUT2D eigenvalue weighted by Crippen LogP contribution is -2.54. The maximum Gasteiger partial charge on any atom is 0.408 e. The molecule has 0 fully saturated rings. The Bertz CT molecular complexity index is 650. The molecule has 0 aliphatic heterocycles. The molecule has 9 nitrogen and oxygen atoms in total. The topological polar surface area (TPSA) is 139 Å². The summed E-state index contributed by atoms with van der Waals surface area (Å²) in [6.45, 7) is 4.64. The number of carbonyl (C=O) groups excluding carboxylic acids is 2. The van der Waals surface area contributed by atoms with E-state index in [4.69, 9.17) is 9.47 Å². The first-order chi connectivity index (χ1) is 11.5. The lowest BCUT2D eigenvalue weighted by atomic mass is 10.1. The van der Waals surface area contributed by atoms with Crippen molar-refractivity contribution in [1.82, 2.24) is 5.32 Å². The fourth-order valence-corrected chi connectivity index (χ4v) is 1.72. The Morgan fingerprint density at radius 1 is 1.00 bits per heavy atom. The predicted octanol–water partition coefficient (Wildman–Crippen LogP) is 1.27. The smallest absolute Gasteiger partial charge is 0.408 e. The van der Waals surface area contributed by atoms with Gasteiger partial charge in [0, 0.05) is 0 Å². The number of carboxylic acid groups (broad SMARTS) is 2. The van der Waals surface area contributed by atoms with Gasteiger partial charge >= 0.3 is 24.0 Å². The van der Waals surface area contributed by atoms with Crippen molar-refractivity contribution in [2.24, 2.45) is 0 Å². The highest BCUT2D eigenvalue weighted by atomic mass is 16.6. The second-order valence-corrected chi connectivity index (χ2v) is 5.99. The summed E-state index contributed by atoms with van der Waals surface area (Å²) in [6.07, 6.45) is -3.29. The summed E-state index contributed by atoms with van der Waals surface area (Å²) in [5.41, 5.74) is -0.887. The third-order valence-electron chi connectivity index (χ3n) is 2.73. The van der Waals surface area contributed by atoms with Crippen LogP contribution in [0.3, 0.4) is 0 Å². The molecule has 9 heteroatoms.